The minimum atomic E-state index is -0.756. The first-order valence-electron chi connectivity index (χ1n) is 6.72. The first kappa shape index (κ1) is 14.7. The van der Waals surface area contributed by atoms with Gasteiger partial charge in [-0.1, -0.05) is 57.0 Å². The van der Waals surface area contributed by atoms with Crippen LogP contribution in [0.4, 0.5) is 0 Å². The SMILES string of the molecule is CCCC(NC(CCC)c1ccccc1)C(=O)O. The maximum absolute atomic E-state index is 11.2. The Kier molecular flexibility index (Phi) is 6.44. The molecule has 0 saturated heterocycles. The highest BCUT2D eigenvalue weighted by molar-refractivity contribution is 5.73. The van der Waals surface area contributed by atoms with Gasteiger partial charge in [-0.25, -0.2) is 0 Å². The third kappa shape index (κ3) is 4.49. The standard InChI is InChI=1S/C15H23NO2/c1-3-8-13(12-10-6-5-7-11-12)16-14(9-4-2)15(17)18/h5-7,10-11,13-14,16H,3-4,8-9H2,1-2H3,(H,17,18). The average molecular weight is 249 g/mol. The lowest BCUT2D eigenvalue weighted by molar-refractivity contribution is -0.139. The van der Waals surface area contributed by atoms with E-state index in [-0.39, 0.29) is 6.04 Å². The maximum Gasteiger partial charge on any atom is 0.320 e. The lowest BCUT2D eigenvalue weighted by Crippen LogP contribution is -2.39. The molecule has 0 aliphatic rings. The van der Waals surface area contributed by atoms with E-state index in [2.05, 4.69) is 24.4 Å². The van der Waals surface area contributed by atoms with Crippen LogP contribution in [-0.2, 0) is 4.79 Å². The van der Waals surface area contributed by atoms with Crippen molar-refractivity contribution in [3.05, 3.63) is 35.9 Å². The Morgan fingerprint density at radius 1 is 1.17 bits per heavy atom. The van der Waals surface area contributed by atoms with E-state index in [0.29, 0.717) is 6.42 Å². The highest BCUT2D eigenvalue weighted by Crippen LogP contribution is 2.19. The van der Waals surface area contributed by atoms with Gasteiger partial charge in [-0.3, -0.25) is 10.1 Å². The van der Waals surface area contributed by atoms with Crippen molar-refractivity contribution in [1.29, 1.82) is 0 Å². The van der Waals surface area contributed by atoms with E-state index in [1.165, 1.54) is 5.56 Å². The fraction of sp³-hybridized carbons (Fsp3) is 0.533. The fourth-order valence-corrected chi connectivity index (χ4v) is 2.13. The molecule has 2 unspecified atom stereocenters. The molecule has 3 nitrogen and oxygen atoms in total. The summed E-state index contributed by atoms with van der Waals surface area (Å²) in [6, 6.07) is 9.75. The Morgan fingerprint density at radius 2 is 1.78 bits per heavy atom. The van der Waals surface area contributed by atoms with Gasteiger partial charge in [0.2, 0.25) is 0 Å². The molecule has 0 aromatic heterocycles. The van der Waals surface area contributed by atoms with Crippen LogP contribution in [0, 0.1) is 0 Å². The Labute approximate surface area is 109 Å². The highest BCUT2D eigenvalue weighted by atomic mass is 16.4. The summed E-state index contributed by atoms with van der Waals surface area (Å²) in [7, 11) is 0. The predicted octanol–water partition coefficient (Wildman–Crippen LogP) is 3.37. The minimum Gasteiger partial charge on any atom is -0.480 e. The van der Waals surface area contributed by atoms with E-state index in [1.54, 1.807) is 0 Å². The fourth-order valence-electron chi connectivity index (χ4n) is 2.13. The molecule has 0 radical (unpaired) electrons. The molecule has 2 N–H and O–H groups in total. The van der Waals surface area contributed by atoms with Gasteiger partial charge < -0.3 is 5.11 Å². The molecule has 100 valence electrons. The molecule has 18 heavy (non-hydrogen) atoms. The second-order valence-electron chi connectivity index (χ2n) is 4.60. The molecular formula is C15H23NO2. The number of carboxylic acid groups (broad SMARTS) is 1. The van der Waals surface area contributed by atoms with Crippen LogP contribution in [0.1, 0.15) is 51.1 Å². The van der Waals surface area contributed by atoms with E-state index in [1.807, 2.05) is 25.1 Å². The lowest BCUT2D eigenvalue weighted by atomic mass is 10.0. The molecule has 0 bridgehead atoms. The number of hydrogen-bond donors (Lipinski definition) is 2. The quantitative estimate of drug-likeness (QED) is 0.742. The van der Waals surface area contributed by atoms with Gasteiger partial charge in [0.05, 0.1) is 0 Å². The largest absolute Gasteiger partial charge is 0.480 e. The zero-order valence-electron chi connectivity index (χ0n) is 11.2. The van der Waals surface area contributed by atoms with Crippen molar-refractivity contribution in [1.82, 2.24) is 5.32 Å². The maximum atomic E-state index is 11.2. The first-order chi connectivity index (χ1) is 8.69. The first-order valence-corrected chi connectivity index (χ1v) is 6.72. The predicted molar refractivity (Wildman–Crippen MR) is 73.6 cm³/mol. The van der Waals surface area contributed by atoms with E-state index in [9.17, 15) is 9.90 Å². The topological polar surface area (TPSA) is 49.3 Å². The van der Waals surface area contributed by atoms with E-state index < -0.39 is 12.0 Å². The molecule has 0 fully saturated rings. The van der Waals surface area contributed by atoms with Crippen LogP contribution in [0.5, 0.6) is 0 Å². The molecule has 0 spiro atoms. The van der Waals surface area contributed by atoms with Crippen molar-refractivity contribution in [2.24, 2.45) is 0 Å². The summed E-state index contributed by atoms with van der Waals surface area (Å²) in [5, 5.41) is 12.5. The van der Waals surface area contributed by atoms with E-state index in [4.69, 9.17) is 0 Å². The minimum absolute atomic E-state index is 0.129. The van der Waals surface area contributed by atoms with Crippen LogP contribution in [0.25, 0.3) is 0 Å². The molecule has 2 atom stereocenters. The molecule has 1 aromatic carbocycles. The van der Waals surface area contributed by atoms with Crippen LogP contribution in [0.3, 0.4) is 0 Å². The molecule has 0 aliphatic heterocycles. The Bertz CT molecular complexity index is 351. The number of rotatable bonds is 8. The van der Waals surface area contributed by atoms with E-state index in [0.717, 1.165) is 19.3 Å². The van der Waals surface area contributed by atoms with Crippen LogP contribution < -0.4 is 5.32 Å². The van der Waals surface area contributed by atoms with Crippen molar-refractivity contribution in [2.75, 3.05) is 0 Å². The van der Waals surface area contributed by atoms with Gasteiger partial charge in [0, 0.05) is 6.04 Å². The summed E-state index contributed by atoms with van der Waals surface area (Å²) >= 11 is 0. The van der Waals surface area contributed by atoms with Gasteiger partial charge in [0.15, 0.2) is 0 Å². The second-order valence-corrected chi connectivity index (χ2v) is 4.60. The molecule has 0 amide bonds. The third-order valence-electron chi connectivity index (χ3n) is 3.06. The zero-order valence-corrected chi connectivity index (χ0v) is 11.2. The number of hydrogen-bond acceptors (Lipinski definition) is 2. The van der Waals surface area contributed by atoms with Crippen molar-refractivity contribution in [3.63, 3.8) is 0 Å². The van der Waals surface area contributed by atoms with Gasteiger partial charge in [-0.2, -0.15) is 0 Å². The van der Waals surface area contributed by atoms with Crippen molar-refractivity contribution in [2.45, 2.75) is 51.6 Å². The zero-order chi connectivity index (χ0) is 13.4. The van der Waals surface area contributed by atoms with Gasteiger partial charge in [0.25, 0.3) is 0 Å². The summed E-state index contributed by atoms with van der Waals surface area (Å²) in [6.07, 6.45) is 3.53. The highest BCUT2D eigenvalue weighted by Gasteiger charge is 2.21. The van der Waals surface area contributed by atoms with Gasteiger partial charge >= 0.3 is 5.97 Å². The monoisotopic (exact) mass is 249 g/mol. The Balaban J connectivity index is 2.76. The second kappa shape index (κ2) is 7.88. The number of nitrogens with one attached hydrogen (secondary N) is 1. The smallest absolute Gasteiger partial charge is 0.320 e. The van der Waals surface area contributed by atoms with E-state index >= 15 is 0 Å². The van der Waals surface area contributed by atoms with Crippen molar-refractivity contribution >= 4 is 5.97 Å². The van der Waals surface area contributed by atoms with Gasteiger partial charge in [0.1, 0.15) is 6.04 Å². The number of carboxylic acids is 1. The Morgan fingerprint density at radius 3 is 2.28 bits per heavy atom. The molecule has 0 heterocycles. The van der Waals surface area contributed by atoms with Crippen LogP contribution >= 0.6 is 0 Å². The average Bonchev–Trinajstić information content (AvgIpc) is 2.38. The molecule has 3 heteroatoms. The summed E-state index contributed by atoms with van der Waals surface area (Å²) < 4.78 is 0. The Hall–Kier alpha value is -1.35. The molecule has 1 aromatic rings. The molecule has 1 rings (SSSR count). The molecule has 0 aliphatic carbocycles. The van der Waals surface area contributed by atoms with Crippen LogP contribution in [-0.4, -0.2) is 17.1 Å². The number of benzene rings is 1. The number of carbonyl (C=O) groups is 1. The number of aliphatic carboxylic acids is 1. The van der Waals surface area contributed by atoms with Gasteiger partial charge in [-0.15, -0.1) is 0 Å². The van der Waals surface area contributed by atoms with Crippen LogP contribution in [0.2, 0.25) is 0 Å². The van der Waals surface area contributed by atoms with Crippen molar-refractivity contribution in [3.8, 4) is 0 Å². The van der Waals surface area contributed by atoms with Crippen molar-refractivity contribution < 1.29 is 9.90 Å². The molecular weight excluding hydrogens is 226 g/mol. The summed E-state index contributed by atoms with van der Waals surface area (Å²) in [5.41, 5.74) is 1.17. The van der Waals surface area contributed by atoms with Crippen LogP contribution in [0.15, 0.2) is 30.3 Å². The molecule has 0 saturated carbocycles. The summed E-state index contributed by atoms with van der Waals surface area (Å²) in [5.74, 6) is -0.756. The lowest BCUT2D eigenvalue weighted by Gasteiger charge is -2.23. The third-order valence-corrected chi connectivity index (χ3v) is 3.06. The normalized spacial score (nSPS) is 14.1. The van der Waals surface area contributed by atoms with Gasteiger partial charge in [-0.05, 0) is 18.4 Å². The summed E-state index contributed by atoms with van der Waals surface area (Å²) in [6.45, 7) is 4.13. The summed E-state index contributed by atoms with van der Waals surface area (Å²) in [4.78, 5) is 11.2.